The lowest BCUT2D eigenvalue weighted by atomic mass is 10.3. The summed E-state index contributed by atoms with van der Waals surface area (Å²) in [5, 5.41) is 3.28. The van der Waals surface area contributed by atoms with Gasteiger partial charge in [-0.2, -0.15) is 0 Å². The molecular formula is C22H19N5O2S. The van der Waals surface area contributed by atoms with Gasteiger partial charge in [-0.05, 0) is 60.7 Å². The van der Waals surface area contributed by atoms with Crippen molar-refractivity contribution in [3.8, 4) is 11.5 Å². The molecule has 0 fully saturated rings. The fourth-order valence-electron chi connectivity index (χ4n) is 2.85. The zero-order valence-corrected chi connectivity index (χ0v) is 16.7. The maximum Gasteiger partial charge on any atom is 0.258 e. The highest BCUT2D eigenvalue weighted by molar-refractivity contribution is 7.80. The van der Waals surface area contributed by atoms with Crippen molar-refractivity contribution in [3.63, 3.8) is 0 Å². The number of hydrogen-bond donors (Lipinski definition) is 3. The van der Waals surface area contributed by atoms with Crippen LogP contribution >= 0.6 is 12.2 Å². The molecule has 0 spiro atoms. The van der Waals surface area contributed by atoms with E-state index in [0.29, 0.717) is 5.75 Å². The Morgan fingerprint density at radius 3 is 2.40 bits per heavy atom. The summed E-state index contributed by atoms with van der Waals surface area (Å²) in [7, 11) is 0. The van der Waals surface area contributed by atoms with Gasteiger partial charge in [-0.25, -0.2) is 4.98 Å². The Bertz CT molecular complexity index is 1160. The molecule has 0 aliphatic heterocycles. The van der Waals surface area contributed by atoms with Crippen molar-refractivity contribution in [2.45, 2.75) is 6.54 Å². The van der Waals surface area contributed by atoms with E-state index in [1.807, 2.05) is 78.9 Å². The average Bonchev–Trinajstić information content (AvgIpc) is 3.17. The number of benzene rings is 3. The number of carbonyl (C=O) groups is 1. The van der Waals surface area contributed by atoms with Gasteiger partial charge in [0.15, 0.2) is 5.11 Å². The zero-order chi connectivity index (χ0) is 20.8. The van der Waals surface area contributed by atoms with Crippen molar-refractivity contribution in [3.05, 3.63) is 85.2 Å². The van der Waals surface area contributed by atoms with Crippen LogP contribution in [0.4, 0.5) is 5.69 Å². The largest absolute Gasteiger partial charge is 0.457 e. The maximum absolute atomic E-state index is 12.2. The van der Waals surface area contributed by atoms with Crippen LogP contribution in [-0.2, 0) is 11.3 Å². The fraction of sp³-hybridized carbons (Fsp3) is 0.0455. The van der Waals surface area contributed by atoms with Gasteiger partial charge >= 0.3 is 0 Å². The minimum Gasteiger partial charge on any atom is -0.457 e. The Balaban J connectivity index is 1.25. The molecule has 0 aliphatic rings. The van der Waals surface area contributed by atoms with Gasteiger partial charge in [0.2, 0.25) is 0 Å². The Morgan fingerprint density at radius 1 is 0.900 bits per heavy atom. The molecule has 0 unspecified atom stereocenters. The van der Waals surface area contributed by atoms with Crippen molar-refractivity contribution in [1.82, 2.24) is 20.4 Å². The number of hydrogen-bond acceptors (Lipinski definition) is 4. The first kappa shape index (κ1) is 19.4. The van der Waals surface area contributed by atoms with E-state index < -0.39 is 0 Å². The first-order chi connectivity index (χ1) is 14.7. The number of rotatable bonds is 5. The summed E-state index contributed by atoms with van der Waals surface area (Å²) in [5.74, 6) is 1.24. The van der Waals surface area contributed by atoms with Crippen molar-refractivity contribution >= 4 is 40.0 Å². The number of aromatic nitrogens is 2. The molecular weight excluding hydrogens is 398 g/mol. The monoisotopic (exact) mass is 417 g/mol. The highest BCUT2D eigenvalue weighted by atomic mass is 32.1. The van der Waals surface area contributed by atoms with Crippen LogP contribution in [0.3, 0.4) is 0 Å². The van der Waals surface area contributed by atoms with E-state index in [1.54, 1.807) is 10.9 Å². The van der Waals surface area contributed by atoms with Gasteiger partial charge in [0.1, 0.15) is 18.0 Å². The number of nitrogens with one attached hydrogen (secondary N) is 3. The van der Waals surface area contributed by atoms with Crippen LogP contribution in [0.15, 0.2) is 85.2 Å². The summed E-state index contributed by atoms with van der Waals surface area (Å²) in [6, 6.07) is 24.5. The second-order valence-corrected chi connectivity index (χ2v) is 6.84. The van der Waals surface area contributed by atoms with E-state index in [4.69, 9.17) is 17.0 Å². The normalized spacial score (nSPS) is 10.4. The molecule has 0 aliphatic carbocycles. The minimum absolute atomic E-state index is 0.127. The Morgan fingerprint density at radius 2 is 1.60 bits per heavy atom. The lowest BCUT2D eigenvalue weighted by Crippen LogP contribution is -2.45. The number of nitrogens with zero attached hydrogens (tertiary/aromatic N) is 2. The molecule has 0 radical (unpaired) electrons. The second kappa shape index (κ2) is 9.06. The number of imidazole rings is 1. The number of anilines is 1. The molecule has 1 aromatic heterocycles. The molecule has 0 saturated carbocycles. The van der Waals surface area contributed by atoms with Crippen LogP contribution in [0.1, 0.15) is 0 Å². The molecule has 3 N–H and O–H groups in total. The first-order valence-electron chi connectivity index (χ1n) is 9.26. The smallest absolute Gasteiger partial charge is 0.258 e. The number of hydrazine groups is 1. The van der Waals surface area contributed by atoms with Crippen molar-refractivity contribution < 1.29 is 9.53 Å². The topological polar surface area (TPSA) is 80.2 Å². The molecule has 1 amide bonds. The van der Waals surface area contributed by atoms with Crippen LogP contribution in [-0.4, -0.2) is 20.6 Å². The molecule has 4 aromatic rings. The van der Waals surface area contributed by atoms with Crippen LogP contribution < -0.4 is 20.9 Å². The predicted octanol–water partition coefficient (Wildman–Crippen LogP) is 3.85. The van der Waals surface area contributed by atoms with Gasteiger partial charge in [-0.3, -0.25) is 15.6 Å². The van der Waals surface area contributed by atoms with Crippen LogP contribution in [0, 0.1) is 0 Å². The third-order valence-corrected chi connectivity index (χ3v) is 4.45. The standard InChI is InChI=1S/C22H19N5O2S/c28-21(14-27-15-23-19-8-4-5-9-20(19)27)25-26-22(30)24-16-10-12-18(13-11-16)29-17-6-2-1-3-7-17/h1-13,15H,14H2,(H,25,28)(H2,24,26,30). The third kappa shape index (κ3) is 4.92. The molecule has 30 heavy (non-hydrogen) atoms. The zero-order valence-electron chi connectivity index (χ0n) is 15.9. The van der Waals surface area contributed by atoms with Crippen LogP contribution in [0.25, 0.3) is 11.0 Å². The molecule has 3 aromatic carbocycles. The Kier molecular flexibility index (Phi) is 5.86. The number of carbonyl (C=O) groups excluding carboxylic acids is 1. The van der Waals surface area contributed by atoms with Gasteiger partial charge in [-0.15, -0.1) is 0 Å². The van der Waals surface area contributed by atoms with Crippen LogP contribution in [0.5, 0.6) is 11.5 Å². The van der Waals surface area contributed by atoms with Gasteiger partial charge in [-0.1, -0.05) is 30.3 Å². The highest BCUT2D eigenvalue weighted by Crippen LogP contribution is 2.22. The van der Waals surface area contributed by atoms with Crippen molar-refractivity contribution in [2.75, 3.05) is 5.32 Å². The second-order valence-electron chi connectivity index (χ2n) is 6.43. The molecule has 150 valence electrons. The van der Waals surface area contributed by atoms with E-state index in [2.05, 4.69) is 21.2 Å². The highest BCUT2D eigenvalue weighted by Gasteiger charge is 2.07. The number of thiocarbonyl (C=S) groups is 1. The summed E-state index contributed by atoms with van der Waals surface area (Å²) in [5.41, 5.74) is 7.79. The number of ether oxygens (including phenoxy) is 1. The Hall–Kier alpha value is -3.91. The van der Waals surface area contributed by atoms with Crippen molar-refractivity contribution in [2.24, 2.45) is 0 Å². The van der Waals surface area contributed by atoms with Gasteiger partial charge < -0.3 is 14.6 Å². The SMILES string of the molecule is O=C(Cn1cnc2ccccc21)NNC(=S)Nc1ccc(Oc2ccccc2)cc1. The maximum atomic E-state index is 12.2. The average molecular weight is 417 g/mol. The van der Waals surface area contributed by atoms with E-state index in [9.17, 15) is 4.79 Å². The summed E-state index contributed by atoms with van der Waals surface area (Å²) < 4.78 is 7.53. The third-order valence-electron chi connectivity index (χ3n) is 4.25. The van der Waals surface area contributed by atoms with Crippen molar-refractivity contribution in [1.29, 1.82) is 0 Å². The Labute approximate surface area is 178 Å². The number of fused-ring (bicyclic) bond motifs is 1. The van der Waals surface area contributed by atoms with Gasteiger partial charge in [0.25, 0.3) is 5.91 Å². The quantitative estimate of drug-likeness (QED) is 0.338. The summed E-state index contributed by atoms with van der Waals surface area (Å²) in [6.45, 7) is 0.127. The lowest BCUT2D eigenvalue weighted by molar-refractivity contribution is -0.122. The molecule has 0 saturated heterocycles. The molecule has 4 rings (SSSR count). The summed E-state index contributed by atoms with van der Waals surface area (Å²) >= 11 is 5.23. The van der Waals surface area contributed by atoms with E-state index in [0.717, 1.165) is 22.5 Å². The van der Waals surface area contributed by atoms with Gasteiger partial charge in [0, 0.05) is 5.69 Å². The molecule has 1 heterocycles. The molecule has 8 heteroatoms. The van der Waals surface area contributed by atoms with Crippen LogP contribution in [0.2, 0.25) is 0 Å². The minimum atomic E-state index is -0.242. The van der Waals surface area contributed by atoms with Gasteiger partial charge in [0.05, 0.1) is 17.4 Å². The van der Waals surface area contributed by atoms with E-state index >= 15 is 0 Å². The molecule has 0 bridgehead atoms. The predicted molar refractivity (Wildman–Crippen MR) is 120 cm³/mol. The summed E-state index contributed by atoms with van der Waals surface area (Å²) in [6.07, 6.45) is 1.64. The van der Waals surface area contributed by atoms with E-state index in [1.165, 1.54) is 0 Å². The molecule has 7 nitrogen and oxygen atoms in total. The first-order valence-corrected chi connectivity index (χ1v) is 9.67. The molecule has 0 atom stereocenters. The summed E-state index contributed by atoms with van der Waals surface area (Å²) in [4.78, 5) is 16.5. The number of para-hydroxylation sites is 3. The number of amides is 1. The van der Waals surface area contributed by atoms with E-state index in [-0.39, 0.29) is 17.6 Å². The lowest BCUT2D eigenvalue weighted by Gasteiger charge is -2.12. The fourth-order valence-corrected chi connectivity index (χ4v) is 3.02.